The number of thioether (sulfide) groups is 1. The number of aromatic nitrogens is 1. The monoisotopic (exact) mass is 432 g/mol. The van der Waals surface area contributed by atoms with Crippen molar-refractivity contribution in [3.05, 3.63) is 40.5 Å². The molecule has 8 heteroatoms. The molecule has 4 rings (SSSR count). The van der Waals surface area contributed by atoms with Crippen molar-refractivity contribution in [1.82, 2.24) is 9.88 Å². The highest BCUT2D eigenvalue weighted by Gasteiger charge is 2.28. The Morgan fingerprint density at radius 2 is 1.90 bits per heavy atom. The molecule has 1 aliphatic carbocycles. The van der Waals surface area contributed by atoms with E-state index in [0.717, 1.165) is 60.6 Å². The Morgan fingerprint density at radius 3 is 2.66 bits per heavy atom. The predicted octanol–water partition coefficient (Wildman–Crippen LogP) is 3.71. The van der Waals surface area contributed by atoms with Gasteiger partial charge in [-0.2, -0.15) is 11.8 Å². The minimum atomic E-state index is -0.559. The third-order valence-corrected chi connectivity index (χ3v) is 7.83. The largest absolute Gasteiger partial charge is 0.452 e. The van der Waals surface area contributed by atoms with E-state index in [9.17, 15) is 14.4 Å². The van der Waals surface area contributed by atoms with Crippen LogP contribution in [0.25, 0.3) is 5.00 Å². The number of hydrogen-bond donors (Lipinski definition) is 1. The first kappa shape index (κ1) is 20.2. The van der Waals surface area contributed by atoms with E-state index >= 15 is 0 Å². The van der Waals surface area contributed by atoms with Crippen LogP contribution in [-0.2, 0) is 26.5 Å². The SMILES string of the molecule is O=C(COC(=O)c1c(-n2cccc2)sc2c1CCSC2)NC(=O)C1CCCCC1. The van der Waals surface area contributed by atoms with Crippen LogP contribution in [0.3, 0.4) is 0 Å². The molecule has 2 aromatic rings. The van der Waals surface area contributed by atoms with Gasteiger partial charge in [0.05, 0.1) is 5.56 Å². The van der Waals surface area contributed by atoms with Crippen molar-refractivity contribution in [3.8, 4) is 5.00 Å². The molecule has 1 aliphatic heterocycles. The average molecular weight is 433 g/mol. The van der Waals surface area contributed by atoms with Crippen LogP contribution in [0.2, 0.25) is 0 Å². The van der Waals surface area contributed by atoms with Gasteiger partial charge in [-0.1, -0.05) is 19.3 Å². The van der Waals surface area contributed by atoms with Crippen LogP contribution in [0.5, 0.6) is 0 Å². The Morgan fingerprint density at radius 1 is 1.14 bits per heavy atom. The van der Waals surface area contributed by atoms with Gasteiger partial charge in [0.1, 0.15) is 5.00 Å². The van der Waals surface area contributed by atoms with Gasteiger partial charge in [-0.15, -0.1) is 11.3 Å². The van der Waals surface area contributed by atoms with E-state index in [1.165, 1.54) is 4.88 Å². The summed E-state index contributed by atoms with van der Waals surface area (Å²) >= 11 is 3.45. The Bertz CT molecular complexity index is 898. The third kappa shape index (κ3) is 4.59. The minimum absolute atomic E-state index is 0.106. The third-order valence-electron chi connectivity index (χ3n) is 5.42. The van der Waals surface area contributed by atoms with Crippen LogP contribution in [-0.4, -0.2) is 34.7 Å². The maximum absolute atomic E-state index is 12.9. The van der Waals surface area contributed by atoms with Gasteiger partial charge in [-0.3, -0.25) is 14.9 Å². The zero-order valence-electron chi connectivity index (χ0n) is 16.1. The number of imide groups is 1. The molecule has 6 nitrogen and oxygen atoms in total. The number of esters is 1. The Kier molecular flexibility index (Phi) is 6.40. The van der Waals surface area contributed by atoms with E-state index in [-0.39, 0.29) is 11.8 Å². The molecule has 0 spiro atoms. The van der Waals surface area contributed by atoms with Crippen LogP contribution < -0.4 is 5.32 Å². The molecule has 3 heterocycles. The molecule has 1 saturated carbocycles. The van der Waals surface area contributed by atoms with Gasteiger partial charge in [0, 0.05) is 28.9 Å². The molecule has 0 atom stereocenters. The second-order valence-electron chi connectivity index (χ2n) is 7.40. The lowest BCUT2D eigenvalue weighted by Gasteiger charge is -2.20. The van der Waals surface area contributed by atoms with E-state index in [0.29, 0.717) is 5.56 Å². The topological polar surface area (TPSA) is 77.4 Å². The average Bonchev–Trinajstić information content (AvgIpc) is 3.40. The van der Waals surface area contributed by atoms with Crippen molar-refractivity contribution in [2.24, 2.45) is 5.92 Å². The van der Waals surface area contributed by atoms with Crippen molar-refractivity contribution in [3.63, 3.8) is 0 Å². The molecule has 154 valence electrons. The van der Waals surface area contributed by atoms with Crippen LogP contribution in [0.1, 0.15) is 52.9 Å². The van der Waals surface area contributed by atoms with Crippen molar-refractivity contribution in [2.75, 3.05) is 12.4 Å². The highest BCUT2D eigenvalue weighted by molar-refractivity contribution is 7.98. The molecule has 1 N–H and O–H groups in total. The first-order valence-electron chi connectivity index (χ1n) is 10.00. The van der Waals surface area contributed by atoms with Crippen LogP contribution in [0.4, 0.5) is 0 Å². The number of nitrogens with one attached hydrogen (secondary N) is 1. The molecule has 0 aromatic carbocycles. The molecule has 1 fully saturated rings. The summed E-state index contributed by atoms with van der Waals surface area (Å²) < 4.78 is 7.24. The number of carbonyl (C=O) groups is 3. The molecule has 29 heavy (non-hydrogen) atoms. The maximum atomic E-state index is 12.9. The standard InChI is InChI=1S/C21H24N2O4S2/c24-17(22-19(25)14-6-2-1-3-7-14)12-27-21(26)18-15-8-11-28-13-16(15)29-20(18)23-9-4-5-10-23/h4-5,9-10,14H,1-3,6-8,11-13H2,(H,22,24,25). The maximum Gasteiger partial charge on any atom is 0.341 e. The van der Waals surface area contributed by atoms with Crippen LogP contribution >= 0.6 is 23.1 Å². The normalized spacial score (nSPS) is 16.8. The van der Waals surface area contributed by atoms with Gasteiger partial charge in [-0.05, 0) is 42.7 Å². The lowest BCUT2D eigenvalue weighted by Crippen LogP contribution is -2.39. The van der Waals surface area contributed by atoms with Crippen molar-refractivity contribution in [2.45, 2.75) is 44.3 Å². The molecular formula is C21H24N2O4S2. The molecule has 2 aliphatic rings. The number of rotatable bonds is 5. The summed E-state index contributed by atoms with van der Waals surface area (Å²) in [4.78, 5) is 38.4. The summed E-state index contributed by atoms with van der Waals surface area (Å²) in [6.45, 7) is -0.443. The second-order valence-corrected chi connectivity index (χ2v) is 9.59. The number of carbonyl (C=O) groups excluding carboxylic acids is 3. The van der Waals surface area contributed by atoms with E-state index in [1.54, 1.807) is 11.3 Å². The molecule has 2 amide bonds. The molecule has 0 radical (unpaired) electrons. The number of amides is 2. The zero-order valence-corrected chi connectivity index (χ0v) is 17.8. The predicted molar refractivity (Wildman–Crippen MR) is 114 cm³/mol. The molecule has 0 saturated heterocycles. The van der Waals surface area contributed by atoms with Crippen molar-refractivity contribution in [1.29, 1.82) is 0 Å². The van der Waals surface area contributed by atoms with Gasteiger partial charge in [0.15, 0.2) is 6.61 Å². The number of nitrogens with zero attached hydrogens (tertiary/aromatic N) is 1. The fraction of sp³-hybridized carbons (Fsp3) is 0.476. The van der Waals surface area contributed by atoms with E-state index in [1.807, 2.05) is 40.9 Å². The molecule has 0 bridgehead atoms. The quantitative estimate of drug-likeness (QED) is 0.729. The van der Waals surface area contributed by atoms with Crippen LogP contribution in [0, 0.1) is 5.92 Å². The zero-order chi connectivity index (χ0) is 20.2. The summed E-state index contributed by atoms with van der Waals surface area (Å²) in [6.07, 6.45) is 9.43. The summed E-state index contributed by atoms with van der Waals surface area (Å²) in [7, 11) is 0. The van der Waals surface area contributed by atoms with Gasteiger partial charge < -0.3 is 9.30 Å². The molecule has 0 unspecified atom stereocenters. The van der Waals surface area contributed by atoms with Crippen molar-refractivity contribution >= 4 is 40.9 Å². The summed E-state index contributed by atoms with van der Waals surface area (Å²) in [5.41, 5.74) is 1.58. The number of ether oxygens (including phenoxy) is 1. The lowest BCUT2D eigenvalue weighted by atomic mass is 9.89. The summed E-state index contributed by atoms with van der Waals surface area (Å²) in [6, 6.07) is 3.82. The Labute approximate surface area is 178 Å². The highest BCUT2D eigenvalue weighted by Crippen LogP contribution is 2.38. The molecular weight excluding hydrogens is 408 g/mol. The highest BCUT2D eigenvalue weighted by atomic mass is 32.2. The van der Waals surface area contributed by atoms with Gasteiger partial charge in [0.25, 0.3) is 5.91 Å². The van der Waals surface area contributed by atoms with Gasteiger partial charge >= 0.3 is 5.97 Å². The Hall–Kier alpha value is -2.06. The first-order chi connectivity index (χ1) is 14.1. The fourth-order valence-corrected chi connectivity index (χ4v) is 6.36. The molecule has 2 aromatic heterocycles. The smallest absolute Gasteiger partial charge is 0.341 e. The van der Waals surface area contributed by atoms with E-state index in [4.69, 9.17) is 4.74 Å². The number of thiophene rings is 1. The van der Waals surface area contributed by atoms with E-state index in [2.05, 4.69) is 5.32 Å². The van der Waals surface area contributed by atoms with E-state index < -0.39 is 18.5 Å². The minimum Gasteiger partial charge on any atom is -0.452 e. The lowest BCUT2D eigenvalue weighted by molar-refractivity contribution is -0.135. The van der Waals surface area contributed by atoms with Gasteiger partial charge in [0.2, 0.25) is 5.91 Å². The first-order valence-corrected chi connectivity index (χ1v) is 12.0. The fourth-order valence-electron chi connectivity index (χ4n) is 3.92. The number of hydrogen-bond acceptors (Lipinski definition) is 6. The van der Waals surface area contributed by atoms with Gasteiger partial charge in [-0.25, -0.2) is 4.79 Å². The Balaban J connectivity index is 1.42. The van der Waals surface area contributed by atoms with Crippen molar-refractivity contribution < 1.29 is 19.1 Å². The van der Waals surface area contributed by atoms with Crippen LogP contribution in [0.15, 0.2) is 24.5 Å². The summed E-state index contributed by atoms with van der Waals surface area (Å²) in [5, 5.41) is 3.22. The second kappa shape index (κ2) is 9.17. The number of fused-ring (bicyclic) bond motifs is 1. The summed E-state index contributed by atoms with van der Waals surface area (Å²) in [5.74, 6) is 0.437.